The quantitative estimate of drug-likeness (QED) is 0.631. The van der Waals surface area contributed by atoms with Crippen molar-refractivity contribution in [3.05, 3.63) is 71.0 Å². The molecule has 5 nitrogen and oxygen atoms in total. The minimum atomic E-state index is -0.224. The van der Waals surface area contributed by atoms with E-state index in [1.807, 2.05) is 29.4 Å². The second-order valence-corrected chi connectivity index (χ2v) is 8.55. The number of amides is 1. The lowest BCUT2D eigenvalue weighted by molar-refractivity contribution is -0.131. The monoisotopic (exact) mass is 392 g/mol. The number of hydrogen-bond acceptors (Lipinski definition) is 4. The molecule has 0 bridgehead atoms. The van der Waals surface area contributed by atoms with Crippen molar-refractivity contribution in [2.45, 2.75) is 44.1 Å². The Balaban J connectivity index is 1.51. The molecule has 1 amide bonds. The molecule has 3 aromatic rings. The number of hydrogen-bond donors (Lipinski definition) is 0. The third-order valence-corrected chi connectivity index (χ3v) is 6.19. The summed E-state index contributed by atoms with van der Waals surface area (Å²) in [6.07, 6.45) is 0.915. The number of fused-ring (bicyclic) bond motifs is 1. The predicted octanol–water partition coefficient (Wildman–Crippen LogP) is 3.95. The Hall–Kier alpha value is -2.60. The van der Waals surface area contributed by atoms with Crippen LogP contribution in [0.1, 0.15) is 29.4 Å². The first-order valence-corrected chi connectivity index (χ1v) is 10.4. The van der Waals surface area contributed by atoms with Gasteiger partial charge in [-0.05, 0) is 50.5 Å². The van der Waals surface area contributed by atoms with Crippen LogP contribution in [0.4, 0.5) is 0 Å². The Morgan fingerprint density at radius 3 is 2.50 bits per heavy atom. The van der Waals surface area contributed by atoms with Gasteiger partial charge in [-0.25, -0.2) is 0 Å². The number of carbonyl (C=O) groups excluding carboxylic acids is 1. The van der Waals surface area contributed by atoms with Crippen molar-refractivity contribution in [2.24, 2.45) is 0 Å². The van der Waals surface area contributed by atoms with E-state index in [0.717, 1.165) is 29.6 Å². The second kappa shape index (κ2) is 7.80. The summed E-state index contributed by atoms with van der Waals surface area (Å²) in [7, 11) is 0. The fraction of sp³-hybridized carbons (Fsp3) is 0.318. The zero-order chi connectivity index (χ0) is 19.7. The fourth-order valence-electron chi connectivity index (χ4n) is 3.56. The maximum Gasteiger partial charge on any atom is 0.236 e. The van der Waals surface area contributed by atoms with Crippen LogP contribution in [0.25, 0.3) is 5.69 Å². The summed E-state index contributed by atoms with van der Waals surface area (Å²) in [6, 6.07) is 16.6. The summed E-state index contributed by atoms with van der Waals surface area (Å²) in [5.74, 6) is 0.966. The molecule has 6 heteroatoms. The number of benzene rings is 2. The van der Waals surface area contributed by atoms with E-state index < -0.39 is 0 Å². The van der Waals surface area contributed by atoms with Gasteiger partial charge in [0, 0.05) is 18.8 Å². The minimum Gasteiger partial charge on any atom is -0.337 e. The van der Waals surface area contributed by atoms with E-state index in [0.29, 0.717) is 6.54 Å². The van der Waals surface area contributed by atoms with E-state index in [4.69, 9.17) is 0 Å². The highest BCUT2D eigenvalue weighted by Crippen LogP contribution is 2.28. The van der Waals surface area contributed by atoms with Crippen LogP contribution in [0.5, 0.6) is 0 Å². The molecule has 28 heavy (non-hydrogen) atoms. The molecule has 2 heterocycles. The highest BCUT2D eigenvalue weighted by molar-refractivity contribution is 8.00. The normalized spacial score (nSPS) is 14.6. The second-order valence-electron chi connectivity index (χ2n) is 7.24. The van der Waals surface area contributed by atoms with E-state index in [1.54, 1.807) is 0 Å². The van der Waals surface area contributed by atoms with Crippen LogP contribution in [0.3, 0.4) is 0 Å². The first-order chi connectivity index (χ1) is 13.5. The summed E-state index contributed by atoms with van der Waals surface area (Å²) in [5, 5.41) is 9.09. The van der Waals surface area contributed by atoms with Gasteiger partial charge in [-0.1, -0.05) is 53.7 Å². The van der Waals surface area contributed by atoms with Gasteiger partial charge in [0.25, 0.3) is 0 Å². The smallest absolute Gasteiger partial charge is 0.236 e. The van der Waals surface area contributed by atoms with Crippen LogP contribution in [0, 0.1) is 13.8 Å². The van der Waals surface area contributed by atoms with Crippen molar-refractivity contribution in [1.29, 1.82) is 0 Å². The molecular formula is C22H24N4OS. The topological polar surface area (TPSA) is 51.0 Å². The van der Waals surface area contributed by atoms with Gasteiger partial charge in [0.2, 0.25) is 5.91 Å². The maximum atomic E-state index is 13.1. The van der Waals surface area contributed by atoms with Gasteiger partial charge in [0.1, 0.15) is 5.82 Å². The Bertz CT molecular complexity index is 996. The fourth-order valence-corrected chi connectivity index (χ4v) is 4.56. The summed E-state index contributed by atoms with van der Waals surface area (Å²) < 4.78 is 2.01. The van der Waals surface area contributed by atoms with Crippen molar-refractivity contribution in [3.8, 4) is 5.69 Å². The van der Waals surface area contributed by atoms with Gasteiger partial charge in [-0.2, -0.15) is 0 Å². The third-order valence-electron chi connectivity index (χ3n) is 5.16. The molecule has 0 aliphatic carbocycles. The Kier molecular flexibility index (Phi) is 5.22. The molecule has 0 spiro atoms. The Labute approximate surface area is 169 Å². The van der Waals surface area contributed by atoms with Gasteiger partial charge in [0.15, 0.2) is 5.16 Å². The minimum absolute atomic E-state index is 0.149. The molecule has 0 saturated carbocycles. The first kappa shape index (κ1) is 18.7. The molecule has 0 radical (unpaired) electrons. The van der Waals surface area contributed by atoms with Gasteiger partial charge in [-0.3, -0.25) is 9.36 Å². The standard InChI is InChI=1S/C22H24N4OS/c1-15-8-10-20(11-9-15)26-17(3)23-24-22(26)28-16(2)21(27)25-13-12-18-6-4-5-7-19(18)14-25/h4-11,16H,12-14H2,1-3H3/t16-/m1/s1. The van der Waals surface area contributed by atoms with Crippen LogP contribution < -0.4 is 0 Å². The number of thioether (sulfide) groups is 1. The Morgan fingerprint density at radius 1 is 1.04 bits per heavy atom. The molecule has 0 saturated heterocycles. The number of aryl methyl sites for hydroxylation is 2. The molecule has 0 N–H and O–H groups in total. The summed E-state index contributed by atoms with van der Waals surface area (Å²) in [6.45, 7) is 7.41. The maximum absolute atomic E-state index is 13.1. The first-order valence-electron chi connectivity index (χ1n) is 9.54. The number of rotatable bonds is 4. The van der Waals surface area contributed by atoms with Crippen molar-refractivity contribution in [2.75, 3.05) is 6.54 Å². The van der Waals surface area contributed by atoms with Gasteiger partial charge >= 0.3 is 0 Å². The molecule has 4 rings (SSSR count). The van der Waals surface area contributed by atoms with Gasteiger partial charge in [0.05, 0.1) is 5.25 Å². The lowest BCUT2D eigenvalue weighted by Gasteiger charge is -2.30. The lowest BCUT2D eigenvalue weighted by atomic mass is 10.00. The molecular weight excluding hydrogens is 368 g/mol. The summed E-state index contributed by atoms with van der Waals surface area (Å²) >= 11 is 1.47. The van der Waals surface area contributed by atoms with Crippen molar-refractivity contribution in [1.82, 2.24) is 19.7 Å². The molecule has 0 unspecified atom stereocenters. The SMILES string of the molecule is Cc1ccc(-n2c(C)nnc2S[C@H](C)C(=O)N2CCc3ccccc3C2)cc1. The van der Waals surface area contributed by atoms with E-state index in [1.165, 1.54) is 28.5 Å². The molecule has 1 aliphatic rings. The highest BCUT2D eigenvalue weighted by atomic mass is 32.2. The summed E-state index contributed by atoms with van der Waals surface area (Å²) in [4.78, 5) is 15.0. The average Bonchev–Trinajstić information content (AvgIpc) is 3.07. The highest BCUT2D eigenvalue weighted by Gasteiger charge is 2.27. The van der Waals surface area contributed by atoms with Crippen LogP contribution in [-0.2, 0) is 17.8 Å². The molecule has 1 atom stereocenters. The van der Waals surface area contributed by atoms with E-state index in [9.17, 15) is 4.79 Å². The number of aromatic nitrogens is 3. The zero-order valence-electron chi connectivity index (χ0n) is 16.4. The zero-order valence-corrected chi connectivity index (χ0v) is 17.2. The van der Waals surface area contributed by atoms with Gasteiger partial charge < -0.3 is 4.90 Å². The molecule has 1 aliphatic heterocycles. The number of carbonyl (C=O) groups is 1. The average molecular weight is 393 g/mol. The van der Waals surface area contributed by atoms with Crippen molar-refractivity contribution >= 4 is 17.7 Å². The molecule has 2 aromatic carbocycles. The molecule has 144 valence electrons. The van der Waals surface area contributed by atoms with Gasteiger partial charge in [-0.15, -0.1) is 10.2 Å². The number of nitrogens with zero attached hydrogens (tertiary/aromatic N) is 4. The van der Waals surface area contributed by atoms with Crippen LogP contribution in [0.2, 0.25) is 0 Å². The molecule has 1 aromatic heterocycles. The summed E-state index contributed by atoms with van der Waals surface area (Å²) in [5.41, 5.74) is 4.82. The largest absolute Gasteiger partial charge is 0.337 e. The van der Waals surface area contributed by atoms with E-state index in [2.05, 4.69) is 59.6 Å². The predicted molar refractivity (Wildman–Crippen MR) is 112 cm³/mol. The van der Waals surface area contributed by atoms with E-state index in [-0.39, 0.29) is 11.2 Å². The van der Waals surface area contributed by atoms with Crippen LogP contribution in [0.15, 0.2) is 53.7 Å². The van der Waals surface area contributed by atoms with E-state index >= 15 is 0 Å². The lowest BCUT2D eigenvalue weighted by Crippen LogP contribution is -2.40. The molecule has 0 fully saturated rings. The third kappa shape index (κ3) is 3.69. The van der Waals surface area contributed by atoms with Crippen molar-refractivity contribution in [3.63, 3.8) is 0 Å². The van der Waals surface area contributed by atoms with Crippen LogP contribution in [-0.4, -0.2) is 37.4 Å². The Morgan fingerprint density at radius 2 is 1.75 bits per heavy atom. The van der Waals surface area contributed by atoms with Crippen molar-refractivity contribution < 1.29 is 4.79 Å². The van der Waals surface area contributed by atoms with Crippen LogP contribution >= 0.6 is 11.8 Å².